The first-order valence-corrected chi connectivity index (χ1v) is 14.3. The smallest absolute Gasteiger partial charge is 1.00 e. The molecular weight excluding hydrogens is 356 g/mol. The van der Waals surface area contributed by atoms with Gasteiger partial charge >= 0.3 is 134 Å². The zero-order valence-electron chi connectivity index (χ0n) is 16.1. The van der Waals surface area contributed by atoms with Gasteiger partial charge in [0.2, 0.25) is 0 Å². The third-order valence-electron chi connectivity index (χ3n) is 1.68. The van der Waals surface area contributed by atoms with Gasteiger partial charge < -0.3 is 2.85 Å². The van der Waals surface area contributed by atoms with Crippen molar-refractivity contribution >= 4 is 17.1 Å². The van der Waals surface area contributed by atoms with E-state index in [1.54, 1.807) is 0 Å². The summed E-state index contributed by atoms with van der Waals surface area (Å²) in [6, 6.07) is 0. The summed E-state index contributed by atoms with van der Waals surface area (Å²) in [6.45, 7) is 20.6. The molecule has 0 aliphatic rings. The summed E-state index contributed by atoms with van der Waals surface area (Å²) < 4.78 is 23.9. The Morgan fingerprint density at radius 1 is 0.684 bits per heavy atom. The van der Waals surface area contributed by atoms with Crippen molar-refractivity contribution in [2.75, 3.05) is 0 Å². The third-order valence-corrected chi connectivity index (χ3v) is 13.5. The molecule has 0 saturated heterocycles. The van der Waals surface area contributed by atoms with E-state index in [1.807, 2.05) is 0 Å². The van der Waals surface area contributed by atoms with Gasteiger partial charge in [-0.2, -0.15) is 0 Å². The summed E-state index contributed by atoms with van der Waals surface area (Å²) in [5.74, 6) is 0. The Morgan fingerprint density at radius 3 is 1.16 bits per heavy atom. The largest absolute Gasteiger partial charge is 1.00 e. The molecule has 0 aliphatic heterocycles. The van der Waals surface area contributed by atoms with Crippen molar-refractivity contribution < 1.29 is 40.8 Å². The van der Waals surface area contributed by atoms with Gasteiger partial charge in [0, 0.05) is 0 Å². The number of hydrogen-bond donors (Lipinski definition) is 0. The molecule has 0 atom stereocenters. The Bertz CT molecular complexity index is 264. The van der Waals surface area contributed by atoms with Gasteiger partial charge in [-0.15, -0.1) is 0 Å². The zero-order valence-corrected chi connectivity index (χ0v) is 18.6. The van der Waals surface area contributed by atoms with E-state index in [4.69, 9.17) is 13.9 Å². The van der Waals surface area contributed by atoms with Crippen molar-refractivity contribution in [2.24, 2.45) is 0 Å². The summed E-state index contributed by atoms with van der Waals surface area (Å²) in [4.78, 5) is 0. The van der Waals surface area contributed by atoms with Crippen LogP contribution in [0.25, 0.3) is 0 Å². The first-order chi connectivity index (χ1) is 8.12. The summed E-state index contributed by atoms with van der Waals surface area (Å²) in [5.41, 5.74) is -0.325. The van der Waals surface area contributed by atoms with E-state index >= 15 is 0 Å². The molecule has 0 radical (unpaired) electrons. The van der Waals surface area contributed by atoms with Crippen molar-refractivity contribution in [3.8, 4) is 0 Å². The molecular formula is C12H32O4Si2Zr. The first-order valence-electron chi connectivity index (χ1n) is 6.63. The summed E-state index contributed by atoms with van der Waals surface area (Å²) >= 11 is -1.35. The van der Waals surface area contributed by atoms with Gasteiger partial charge in [0.05, 0.1) is 0 Å². The van der Waals surface area contributed by atoms with Crippen molar-refractivity contribution in [3.05, 3.63) is 0 Å². The molecule has 0 fully saturated rings. The fourth-order valence-electron chi connectivity index (χ4n) is 1.74. The second kappa shape index (κ2) is 6.94. The fraction of sp³-hybridized carbons (Fsp3) is 1.00. The van der Waals surface area contributed by atoms with Crippen LogP contribution in [0.3, 0.4) is 0 Å². The SMILES string of the molecule is CC(C)(C)O[Si](C)(C)[O][Zr+2][O][Si](C)(C)OC(C)(C)C.[H-].[H-]. The predicted molar refractivity (Wildman–Crippen MR) is 81.0 cm³/mol. The maximum absolute atomic E-state index is 5.99. The number of hydrogen-bond acceptors (Lipinski definition) is 4. The molecule has 0 aromatic carbocycles. The number of rotatable bonds is 6. The van der Waals surface area contributed by atoms with E-state index in [1.165, 1.54) is 0 Å². The Morgan fingerprint density at radius 2 is 0.947 bits per heavy atom. The predicted octanol–water partition coefficient (Wildman–Crippen LogP) is 4.19. The van der Waals surface area contributed by atoms with E-state index in [0.717, 1.165) is 0 Å². The summed E-state index contributed by atoms with van der Waals surface area (Å²) in [7, 11) is -4.16. The Balaban J connectivity index is -0.00000162. The van der Waals surface area contributed by atoms with Crippen molar-refractivity contribution in [1.82, 2.24) is 0 Å². The minimum Gasteiger partial charge on any atom is -1.00 e. The van der Waals surface area contributed by atoms with E-state index in [9.17, 15) is 0 Å². The van der Waals surface area contributed by atoms with Crippen molar-refractivity contribution in [2.45, 2.75) is 78.9 Å². The van der Waals surface area contributed by atoms with Crippen molar-refractivity contribution in [1.29, 1.82) is 0 Å². The van der Waals surface area contributed by atoms with Crippen molar-refractivity contribution in [3.63, 3.8) is 0 Å². The average Bonchev–Trinajstić information content (AvgIpc) is 1.90. The van der Waals surface area contributed by atoms with E-state index in [-0.39, 0.29) is 14.1 Å². The molecule has 0 aromatic rings. The maximum Gasteiger partial charge on any atom is -1.00 e. The molecule has 0 unspecified atom stereocenters. The topological polar surface area (TPSA) is 36.9 Å². The van der Waals surface area contributed by atoms with Gasteiger partial charge in [-0.05, 0) is 0 Å². The third kappa shape index (κ3) is 12.6. The van der Waals surface area contributed by atoms with Gasteiger partial charge in [0.25, 0.3) is 0 Å². The standard InChI is InChI=1S/2C6H15O2Si.Zr.2H/c2*1-6(2,3)8-9(4,5)7;;;/h2*1-5H3;;;/q2*-1;+4;2*-1. The van der Waals surface area contributed by atoms with Crippen LogP contribution < -0.4 is 0 Å². The van der Waals surface area contributed by atoms with Gasteiger partial charge in [0.1, 0.15) is 0 Å². The Kier molecular flexibility index (Phi) is 7.37. The fourth-order valence-corrected chi connectivity index (χ4v) is 9.83. The van der Waals surface area contributed by atoms with Crippen LogP contribution >= 0.6 is 0 Å². The molecule has 0 bridgehead atoms. The molecule has 0 aliphatic carbocycles. The molecule has 0 saturated carbocycles. The molecule has 0 N–H and O–H groups in total. The van der Waals surface area contributed by atoms with Gasteiger partial charge in [0.15, 0.2) is 0 Å². The molecule has 0 rings (SSSR count). The molecule has 0 spiro atoms. The van der Waals surface area contributed by atoms with Crippen LogP contribution in [0.1, 0.15) is 44.4 Å². The van der Waals surface area contributed by atoms with Crippen LogP contribution in [0.2, 0.25) is 26.2 Å². The first kappa shape index (κ1) is 20.2. The second-order valence-electron chi connectivity index (χ2n) is 7.52. The van der Waals surface area contributed by atoms with E-state index in [0.29, 0.717) is 0 Å². The molecule has 19 heavy (non-hydrogen) atoms. The van der Waals surface area contributed by atoms with Crippen LogP contribution in [-0.2, 0) is 38.0 Å². The van der Waals surface area contributed by atoms with Crippen LogP contribution in [0.5, 0.6) is 0 Å². The summed E-state index contributed by atoms with van der Waals surface area (Å²) in [5, 5.41) is 0. The minimum absolute atomic E-state index is 0. The Hall–Kier alpha value is 1.16. The van der Waals surface area contributed by atoms with Gasteiger partial charge in [-0.3, -0.25) is 0 Å². The van der Waals surface area contributed by atoms with E-state index in [2.05, 4.69) is 67.7 Å². The van der Waals surface area contributed by atoms with Crippen LogP contribution in [0.15, 0.2) is 0 Å². The molecule has 116 valence electrons. The minimum atomic E-state index is -2.08. The average molecular weight is 388 g/mol. The van der Waals surface area contributed by atoms with Crippen LogP contribution in [0.4, 0.5) is 0 Å². The quantitative estimate of drug-likeness (QED) is 0.640. The van der Waals surface area contributed by atoms with E-state index < -0.39 is 41.2 Å². The van der Waals surface area contributed by atoms with Gasteiger partial charge in [-0.1, -0.05) is 0 Å². The molecule has 7 heteroatoms. The second-order valence-corrected chi connectivity index (χ2v) is 17.4. The van der Waals surface area contributed by atoms with Gasteiger partial charge in [-0.25, -0.2) is 0 Å². The normalized spacial score (nSPS) is 14.4. The van der Waals surface area contributed by atoms with Crippen LogP contribution in [0, 0.1) is 0 Å². The Labute approximate surface area is 136 Å². The molecule has 4 nitrogen and oxygen atoms in total. The van der Waals surface area contributed by atoms with Crippen LogP contribution in [-0.4, -0.2) is 28.3 Å². The molecule has 0 heterocycles. The molecule has 0 amide bonds. The monoisotopic (exact) mass is 386 g/mol. The zero-order chi connectivity index (χ0) is 15.5. The molecule has 0 aromatic heterocycles. The summed E-state index contributed by atoms with van der Waals surface area (Å²) in [6.07, 6.45) is 0. The maximum atomic E-state index is 5.99.